The first-order valence-corrected chi connectivity index (χ1v) is 9.30. The number of fused-ring (bicyclic) bond motifs is 1. The van der Waals surface area contributed by atoms with Crippen molar-refractivity contribution in [2.75, 3.05) is 7.11 Å². The maximum absolute atomic E-state index is 6.28. The van der Waals surface area contributed by atoms with Crippen LogP contribution < -0.4 is 4.74 Å². The van der Waals surface area contributed by atoms with E-state index in [2.05, 4.69) is 54.6 Å². The summed E-state index contributed by atoms with van der Waals surface area (Å²) < 4.78 is 7.44. The van der Waals surface area contributed by atoms with Crippen molar-refractivity contribution in [2.24, 2.45) is 0 Å². The number of methoxy groups -OCH3 is 1. The van der Waals surface area contributed by atoms with Crippen LogP contribution in [0.15, 0.2) is 60.8 Å². The molecule has 3 nitrogen and oxygen atoms in total. The van der Waals surface area contributed by atoms with Crippen LogP contribution in [0, 0.1) is 13.8 Å². The predicted molar refractivity (Wildman–Crippen MR) is 111 cm³/mol. The number of ether oxygens (including phenoxy) is 1. The topological polar surface area (TPSA) is 26.5 Å². The van der Waals surface area contributed by atoms with Crippen LogP contribution in [-0.2, 0) is 6.42 Å². The number of aromatic nitrogens is 2. The fraction of sp³-hybridized carbons (Fsp3) is 0.174. The molecule has 2 aromatic heterocycles. The van der Waals surface area contributed by atoms with Gasteiger partial charge in [0.1, 0.15) is 11.4 Å². The summed E-state index contributed by atoms with van der Waals surface area (Å²) in [4.78, 5) is 4.89. The Hall–Kier alpha value is -2.78. The third-order valence-electron chi connectivity index (χ3n) is 4.91. The SMILES string of the molecule is COc1ccc(Cc2c(-c3ccc(C)cc3)nc3ccc(Cl)cn23)c(C)c1. The van der Waals surface area contributed by atoms with Crippen LogP contribution >= 0.6 is 11.6 Å². The van der Waals surface area contributed by atoms with Crippen LogP contribution in [0.25, 0.3) is 16.9 Å². The van der Waals surface area contributed by atoms with E-state index in [4.69, 9.17) is 21.3 Å². The van der Waals surface area contributed by atoms with Crippen LogP contribution in [0.1, 0.15) is 22.4 Å². The van der Waals surface area contributed by atoms with Crippen molar-refractivity contribution in [3.8, 4) is 17.0 Å². The summed E-state index contributed by atoms with van der Waals surface area (Å²) in [6.45, 7) is 4.20. The van der Waals surface area contributed by atoms with Crippen molar-refractivity contribution in [3.05, 3.63) is 88.2 Å². The van der Waals surface area contributed by atoms with E-state index in [1.54, 1.807) is 7.11 Å². The van der Waals surface area contributed by atoms with Gasteiger partial charge in [-0.1, -0.05) is 47.5 Å². The highest BCUT2D eigenvalue weighted by Crippen LogP contribution is 2.29. The Bertz CT molecular complexity index is 1110. The number of imidazole rings is 1. The Morgan fingerprint density at radius 2 is 1.78 bits per heavy atom. The Morgan fingerprint density at radius 1 is 1.00 bits per heavy atom. The number of pyridine rings is 1. The Kier molecular flexibility index (Phi) is 4.63. The third kappa shape index (κ3) is 3.43. The fourth-order valence-electron chi connectivity index (χ4n) is 3.35. The van der Waals surface area contributed by atoms with Gasteiger partial charge in [0.05, 0.1) is 23.5 Å². The summed E-state index contributed by atoms with van der Waals surface area (Å²) in [7, 11) is 1.69. The molecule has 0 atom stereocenters. The number of halogens is 1. The molecule has 0 N–H and O–H groups in total. The second kappa shape index (κ2) is 7.09. The number of aryl methyl sites for hydroxylation is 2. The first kappa shape index (κ1) is 17.6. The molecule has 0 aliphatic rings. The summed E-state index contributed by atoms with van der Waals surface area (Å²) in [6, 6.07) is 18.5. The minimum Gasteiger partial charge on any atom is -0.497 e. The first-order valence-electron chi connectivity index (χ1n) is 8.92. The van der Waals surface area contributed by atoms with Gasteiger partial charge in [0, 0.05) is 18.2 Å². The van der Waals surface area contributed by atoms with E-state index in [0.29, 0.717) is 5.02 Å². The number of hydrogen-bond donors (Lipinski definition) is 0. The number of nitrogens with zero attached hydrogens (tertiary/aromatic N) is 2. The van der Waals surface area contributed by atoms with Crippen molar-refractivity contribution < 1.29 is 4.74 Å². The van der Waals surface area contributed by atoms with Crippen LogP contribution in [0.2, 0.25) is 5.02 Å². The molecule has 4 heteroatoms. The highest BCUT2D eigenvalue weighted by Gasteiger charge is 2.16. The molecule has 0 amide bonds. The Morgan fingerprint density at radius 3 is 2.48 bits per heavy atom. The Balaban J connectivity index is 1.88. The van der Waals surface area contributed by atoms with Crippen molar-refractivity contribution in [1.82, 2.24) is 9.38 Å². The molecule has 0 unspecified atom stereocenters. The molecule has 2 aromatic carbocycles. The Labute approximate surface area is 164 Å². The van der Waals surface area contributed by atoms with Crippen molar-refractivity contribution in [3.63, 3.8) is 0 Å². The zero-order chi connectivity index (χ0) is 19.0. The smallest absolute Gasteiger partial charge is 0.137 e. The minimum absolute atomic E-state index is 0.697. The minimum atomic E-state index is 0.697. The van der Waals surface area contributed by atoms with Crippen LogP contribution in [0.3, 0.4) is 0 Å². The van der Waals surface area contributed by atoms with E-state index < -0.39 is 0 Å². The lowest BCUT2D eigenvalue weighted by Crippen LogP contribution is -1.99. The molecule has 2 heterocycles. The normalized spacial score (nSPS) is 11.1. The summed E-state index contributed by atoms with van der Waals surface area (Å²) in [5.41, 5.74) is 7.81. The molecule has 0 spiro atoms. The monoisotopic (exact) mass is 376 g/mol. The van der Waals surface area contributed by atoms with Crippen molar-refractivity contribution in [1.29, 1.82) is 0 Å². The van der Waals surface area contributed by atoms with E-state index in [1.807, 2.05) is 24.4 Å². The number of hydrogen-bond acceptors (Lipinski definition) is 2. The van der Waals surface area contributed by atoms with Crippen molar-refractivity contribution in [2.45, 2.75) is 20.3 Å². The van der Waals surface area contributed by atoms with Crippen molar-refractivity contribution >= 4 is 17.2 Å². The highest BCUT2D eigenvalue weighted by molar-refractivity contribution is 6.30. The lowest BCUT2D eigenvalue weighted by Gasteiger charge is -2.10. The molecule has 0 saturated carbocycles. The zero-order valence-corrected chi connectivity index (χ0v) is 16.4. The second-order valence-corrected chi connectivity index (χ2v) is 7.25. The molecule has 0 fully saturated rings. The number of benzene rings is 2. The summed E-state index contributed by atoms with van der Waals surface area (Å²) in [6.07, 6.45) is 2.70. The molecule has 27 heavy (non-hydrogen) atoms. The molecule has 0 aliphatic heterocycles. The molecular weight excluding hydrogens is 356 g/mol. The van der Waals surface area contributed by atoms with Gasteiger partial charge in [0.2, 0.25) is 0 Å². The summed E-state index contributed by atoms with van der Waals surface area (Å²) in [5, 5.41) is 0.697. The molecule has 0 saturated heterocycles. The van der Waals surface area contributed by atoms with Crippen LogP contribution in [-0.4, -0.2) is 16.5 Å². The standard InChI is InChI=1S/C23H21ClN2O/c1-15-4-6-17(7-5-15)23-21(26-14-19(24)9-11-22(26)25-23)13-18-8-10-20(27-3)12-16(18)2/h4-12,14H,13H2,1-3H3. The molecule has 0 aliphatic carbocycles. The molecule has 136 valence electrons. The predicted octanol–water partition coefficient (Wildman–Crippen LogP) is 5.87. The zero-order valence-electron chi connectivity index (χ0n) is 15.7. The summed E-state index contributed by atoms with van der Waals surface area (Å²) >= 11 is 6.28. The number of rotatable bonds is 4. The van der Waals surface area contributed by atoms with E-state index in [0.717, 1.165) is 34.8 Å². The maximum Gasteiger partial charge on any atom is 0.137 e. The van der Waals surface area contributed by atoms with Crippen LogP contribution in [0.5, 0.6) is 5.75 Å². The summed E-state index contributed by atoms with van der Waals surface area (Å²) in [5.74, 6) is 0.871. The molecule has 0 bridgehead atoms. The molecule has 0 radical (unpaired) electrons. The van der Waals surface area contributed by atoms with Gasteiger partial charge in [-0.2, -0.15) is 0 Å². The van der Waals surface area contributed by atoms with Gasteiger partial charge < -0.3 is 9.14 Å². The largest absolute Gasteiger partial charge is 0.497 e. The van der Waals surface area contributed by atoms with E-state index in [9.17, 15) is 0 Å². The van der Waals surface area contributed by atoms with E-state index in [1.165, 1.54) is 16.7 Å². The van der Waals surface area contributed by atoms with Gasteiger partial charge in [0.25, 0.3) is 0 Å². The molecule has 4 rings (SSSR count). The highest BCUT2D eigenvalue weighted by atomic mass is 35.5. The molecule has 4 aromatic rings. The van der Waals surface area contributed by atoms with E-state index in [-0.39, 0.29) is 0 Å². The quantitative estimate of drug-likeness (QED) is 0.445. The first-order chi connectivity index (χ1) is 13.0. The lowest BCUT2D eigenvalue weighted by molar-refractivity contribution is 0.414. The van der Waals surface area contributed by atoms with Gasteiger partial charge in [-0.15, -0.1) is 0 Å². The average Bonchev–Trinajstić information content (AvgIpc) is 3.01. The van der Waals surface area contributed by atoms with Crippen LogP contribution in [0.4, 0.5) is 0 Å². The molecular formula is C23H21ClN2O. The third-order valence-corrected chi connectivity index (χ3v) is 5.14. The van der Waals surface area contributed by atoms with Gasteiger partial charge in [0.15, 0.2) is 0 Å². The van der Waals surface area contributed by atoms with Gasteiger partial charge in [-0.3, -0.25) is 0 Å². The van der Waals surface area contributed by atoms with Gasteiger partial charge in [-0.05, 0) is 49.2 Å². The van der Waals surface area contributed by atoms with E-state index >= 15 is 0 Å². The average molecular weight is 377 g/mol. The van der Waals surface area contributed by atoms with Gasteiger partial charge >= 0.3 is 0 Å². The fourth-order valence-corrected chi connectivity index (χ4v) is 3.51. The lowest BCUT2D eigenvalue weighted by atomic mass is 10.00. The maximum atomic E-state index is 6.28. The second-order valence-electron chi connectivity index (χ2n) is 6.82. The van der Waals surface area contributed by atoms with Gasteiger partial charge in [-0.25, -0.2) is 4.98 Å².